The van der Waals surface area contributed by atoms with Crippen molar-refractivity contribution in [2.24, 2.45) is 0 Å². The van der Waals surface area contributed by atoms with Gasteiger partial charge in [-0.2, -0.15) is 13.2 Å². The van der Waals surface area contributed by atoms with Crippen molar-refractivity contribution in [2.75, 3.05) is 0 Å². The first-order valence-corrected chi connectivity index (χ1v) is 2.63. The summed E-state index contributed by atoms with van der Waals surface area (Å²) in [6.45, 7) is 0. The lowest BCUT2D eigenvalue weighted by Gasteiger charge is -2.00. The van der Waals surface area contributed by atoms with Crippen molar-refractivity contribution in [3.8, 4) is 0 Å². The maximum Gasteiger partial charge on any atom is 0.450 e. The molecule has 0 amide bonds. The van der Waals surface area contributed by atoms with E-state index in [1.165, 1.54) is 0 Å². The summed E-state index contributed by atoms with van der Waals surface area (Å²) in [7, 11) is 0. The summed E-state index contributed by atoms with van der Waals surface area (Å²) in [5, 5.41) is 0. The molecule has 68 valence electrons. The topological polar surface area (TPSA) is 17.1 Å². The summed E-state index contributed by atoms with van der Waals surface area (Å²) in [6.07, 6.45) is -9.53. The Kier molecular flexibility index (Phi) is 6.79. The Labute approximate surface area is 68.1 Å². The number of carbonyl (C=O) groups is 1. The van der Waals surface area contributed by atoms with E-state index in [-0.39, 0.29) is 0 Å². The fourth-order valence-electron chi connectivity index (χ4n) is 0. The van der Waals surface area contributed by atoms with Crippen LogP contribution in [0.5, 0.6) is 0 Å². The van der Waals surface area contributed by atoms with Crippen molar-refractivity contribution < 1.29 is 26.7 Å². The molecule has 0 saturated heterocycles. The lowest BCUT2D eigenvalue weighted by Crippen LogP contribution is -2.18. The first-order valence-electron chi connectivity index (χ1n) is 1.87. The molecule has 0 N–H and O–H groups in total. The molecule has 0 aliphatic heterocycles. The van der Waals surface area contributed by atoms with Crippen LogP contribution < -0.4 is 0 Å². The fourth-order valence-corrected chi connectivity index (χ4v) is 0. The highest BCUT2D eigenvalue weighted by Crippen LogP contribution is 2.22. The third kappa shape index (κ3) is 17.7. The van der Waals surface area contributed by atoms with Gasteiger partial charge in [0.05, 0.1) is 0 Å². The Bertz CT molecular complexity index is 117. The van der Waals surface area contributed by atoms with Crippen molar-refractivity contribution in [3.63, 3.8) is 0 Å². The normalized spacial score (nSPS) is 10.5. The molecule has 0 spiro atoms. The van der Waals surface area contributed by atoms with Crippen LogP contribution in [0.25, 0.3) is 0 Å². The molecule has 0 aliphatic carbocycles. The molecular formula is C3HCl2F5O. The molecule has 0 aromatic carbocycles. The molecule has 11 heavy (non-hydrogen) atoms. The summed E-state index contributed by atoms with van der Waals surface area (Å²) in [5.74, 6) is 0. The van der Waals surface area contributed by atoms with Crippen molar-refractivity contribution >= 4 is 27.9 Å². The van der Waals surface area contributed by atoms with Gasteiger partial charge in [0, 0.05) is 0 Å². The Morgan fingerprint density at radius 1 is 1.18 bits per heavy atom. The molecule has 1 nitrogen and oxygen atoms in total. The molecule has 0 fully saturated rings. The standard InChI is InChI=1S/C2HF5.CCl2O/c3-1(4)2(5,6)7;2-1(3)4/h1H;. The number of hydrogen-bond acceptors (Lipinski definition) is 1. The van der Waals surface area contributed by atoms with Gasteiger partial charge in [-0.1, -0.05) is 0 Å². The van der Waals surface area contributed by atoms with Crippen LogP contribution in [0.1, 0.15) is 0 Å². The van der Waals surface area contributed by atoms with Crippen LogP contribution in [-0.2, 0) is 0 Å². The monoisotopic (exact) mass is 218 g/mol. The van der Waals surface area contributed by atoms with Crippen molar-refractivity contribution in [3.05, 3.63) is 0 Å². The van der Waals surface area contributed by atoms with E-state index in [1.54, 1.807) is 0 Å². The molecule has 8 heteroatoms. The van der Waals surface area contributed by atoms with E-state index in [0.29, 0.717) is 0 Å². The molecule has 0 radical (unpaired) electrons. The van der Waals surface area contributed by atoms with Gasteiger partial charge in [-0.15, -0.1) is 0 Å². The summed E-state index contributed by atoms with van der Waals surface area (Å²) in [5.41, 5.74) is 0. The first-order chi connectivity index (χ1) is 4.68. The molecule has 0 aromatic rings. The minimum absolute atomic E-state index is 0.889. The lowest BCUT2D eigenvalue weighted by atomic mass is 10.7. The molecule has 0 bridgehead atoms. The van der Waals surface area contributed by atoms with Gasteiger partial charge in [0.2, 0.25) is 0 Å². The first kappa shape index (κ1) is 13.5. The molecule has 0 aromatic heterocycles. The maximum absolute atomic E-state index is 10.4. The zero-order valence-electron chi connectivity index (χ0n) is 4.63. The second-order valence-electron chi connectivity index (χ2n) is 1.07. The van der Waals surface area contributed by atoms with Gasteiger partial charge < -0.3 is 0 Å². The Morgan fingerprint density at radius 3 is 1.27 bits per heavy atom. The predicted octanol–water partition coefficient (Wildman–Crippen LogP) is 3.40. The van der Waals surface area contributed by atoms with Crippen LogP contribution in [0.15, 0.2) is 0 Å². The Balaban J connectivity index is 0. The second kappa shape index (κ2) is 5.54. The number of halogens is 7. The van der Waals surface area contributed by atoms with Crippen LogP contribution in [0.2, 0.25) is 0 Å². The molecule has 0 rings (SSSR count). The van der Waals surface area contributed by atoms with Gasteiger partial charge in [-0.05, 0) is 23.2 Å². The summed E-state index contributed by atoms with van der Waals surface area (Å²) >= 11 is 8.80. The highest BCUT2D eigenvalue weighted by atomic mass is 35.5. The number of alkyl halides is 5. The Morgan fingerprint density at radius 2 is 1.27 bits per heavy atom. The van der Waals surface area contributed by atoms with Crippen LogP contribution in [-0.4, -0.2) is 17.3 Å². The van der Waals surface area contributed by atoms with E-state index in [1.807, 2.05) is 0 Å². The molecule has 0 aliphatic rings. The average Bonchev–Trinajstić information content (AvgIpc) is 1.59. The molecule has 0 saturated carbocycles. The number of carbonyl (C=O) groups excluding carboxylic acids is 1. The molecular weight excluding hydrogens is 218 g/mol. The van der Waals surface area contributed by atoms with E-state index in [9.17, 15) is 22.0 Å². The zero-order valence-corrected chi connectivity index (χ0v) is 6.14. The van der Waals surface area contributed by atoms with E-state index >= 15 is 0 Å². The third-order valence-corrected chi connectivity index (χ3v) is 0.247. The van der Waals surface area contributed by atoms with Gasteiger partial charge in [-0.3, -0.25) is 4.79 Å². The molecule has 0 atom stereocenters. The molecule has 0 unspecified atom stereocenters. The third-order valence-electron chi connectivity index (χ3n) is 0.247. The van der Waals surface area contributed by atoms with Gasteiger partial charge in [0.15, 0.2) is 0 Å². The summed E-state index contributed by atoms with van der Waals surface area (Å²) in [4.78, 5) is 8.98. The van der Waals surface area contributed by atoms with Crippen molar-refractivity contribution in [2.45, 2.75) is 12.6 Å². The number of rotatable bonds is 0. The van der Waals surface area contributed by atoms with E-state index in [2.05, 4.69) is 23.2 Å². The quantitative estimate of drug-likeness (QED) is 0.450. The minimum Gasteiger partial charge on any atom is -0.262 e. The van der Waals surface area contributed by atoms with Crippen LogP contribution >= 0.6 is 23.2 Å². The summed E-state index contributed by atoms with van der Waals surface area (Å²) in [6, 6.07) is 0. The van der Waals surface area contributed by atoms with Gasteiger partial charge in [0.1, 0.15) is 0 Å². The van der Waals surface area contributed by atoms with Gasteiger partial charge in [-0.25, -0.2) is 8.78 Å². The van der Waals surface area contributed by atoms with Crippen LogP contribution in [0.3, 0.4) is 0 Å². The van der Waals surface area contributed by atoms with Crippen molar-refractivity contribution in [1.82, 2.24) is 0 Å². The van der Waals surface area contributed by atoms with E-state index in [4.69, 9.17) is 4.79 Å². The highest BCUT2D eigenvalue weighted by molar-refractivity contribution is 6.93. The smallest absolute Gasteiger partial charge is 0.262 e. The van der Waals surface area contributed by atoms with E-state index in [0.717, 1.165) is 0 Å². The van der Waals surface area contributed by atoms with Crippen LogP contribution in [0, 0.1) is 0 Å². The maximum atomic E-state index is 10.4. The van der Waals surface area contributed by atoms with Gasteiger partial charge in [0.25, 0.3) is 0 Å². The van der Waals surface area contributed by atoms with E-state index < -0.39 is 17.3 Å². The minimum atomic E-state index is -5.33. The fraction of sp³-hybridized carbons (Fsp3) is 0.667. The van der Waals surface area contributed by atoms with Crippen molar-refractivity contribution in [1.29, 1.82) is 0 Å². The van der Waals surface area contributed by atoms with Crippen LogP contribution in [0.4, 0.5) is 26.7 Å². The highest BCUT2D eigenvalue weighted by Gasteiger charge is 2.40. The predicted molar refractivity (Wildman–Crippen MR) is 29.2 cm³/mol. The lowest BCUT2D eigenvalue weighted by molar-refractivity contribution is -0.219. The zero-order chi connectivity index (χ0) is 9.65. The number of hydrogen-bond donors (Lipinski definition) is 0. The largest absolute Gasteiger partial charge is 0.450 e. The average molecular weight is 219 g/mol. The molecule has 0 heterocycles. The Hall–Kier alpha value is -0.100. The van der Waals surface area contributed by atoms with Gasteiger partial charge >= 0.3 is 17.3 Å². The summed E-state index contributed by atoms with van der Waals surface area (Å²) < 4.78 is 51.2. The SMILES string of the molecule is FC(F)C(F)(F)F.O=C(Cl)Cl. The second-order valence-corrected chi connectivity index (χ2v) is 1.95.